The predicted molar refractivity (Wildman–Crippen MR) is 76.4 cm³/mol. The molecule has 3 fully saturated rings. The first-order valence-electron chi connectivity index (χ1n) is 8.32. The van der Waals surface area contributed by atoms with Crippen LogP contribution in [0.2, 0.25) is 0 Å². The molecule has 2 heteroatoms. The van der Waals surface area contributed by atoms with Gasteiger partial charge in [0.25, 0.3) is 0 Å². The van der Waals surface area contributed by atoms with Crippen LogP contribution in [-0.4, -0.2) is 19.1 Å². The molecule has 3 aliphatic carbocycles. The molecule has 3 rings (SSSR count). The third kappa shape index (κ3) is 3.27. The number of hydrogen-bond donors (Lipinski definition) is 2. The van der Waals surface area contributed by atoms with E-state index >= 15 is 0 Å². The summed E-state index contributed by atoms with van der Waals surface area (Å²) in [4.78, 5) is 0. The fourth-order valence-electron chi connectivity index (χ4n) is 4.03. The smallest absolute Gasteiger partial charge is 0.0218 e. The minimum Gasteiger partial charge on any atom is -0.329 e. The number of hydrogen-bond acceptors (Lipinski definition) is 2. The summed E-state index contributed by atoms with van der Waals surface area (Å²) in [5.74, 6) is 3.98. The van der Waals surface area contributed by atoms with Gasteiger partial charge >= 0.3 is 0 Å². The number of nitrogens with two attached hydrogens (primary N) is 1. The summed E-state index contributed by atoms with van der Waals surface area (Å²) < 4.78 is 0. The van der Waals surface area contributed by atoms with Crippen LogP contribution in [0.4, 0.5) is 0 Å². The van der Waals surface area contributed by atoms with Crippen LogP contribution in [0, 0.1) is 23.7 Å². The number of rotatable bonds is 7. The van der Waals surface area contributed by atoms with Crippen molar-refractivity contribution >= 4 is 0 Å². The lowest BCUT2D eigenvalue weighted by molar-refractivity contribution is 0.252. The molecular formula is C16H30N2. The summed E-state index contributed by atoms with van der Waals surface area (Å²) >= 11 is 0. The first-order valence-corrected chi connectivity index (χ1v) is 8.32. The van der Waals surface area contributed by atoms with Gasteiger partial charge in [0.15, 0.2) is 0 Å². The third-order valence-electron chi connectivity index (χ3n) is 5.54. The highest BCUT2D eigenvalue weighted by Gasteiger charge is 2.41. The minimum absolute atomic E-state index is 0.602. The first kappa shape index (κ1) is 12.9. The molecule has 0 aromatic carbocycles. The van der Waals surface area contributed by atoms with Gasteiger partial charge in [-0.05, 0) is 68.7 Å². The van der Waals surface area contributed by atoms with Crippen LogP contribution in [-0.2, 0) is 0 Å². The SMILES string of the molecule is NCC(NCC(C1CC1)C1CC1)C1CCCCC1. The highest BCUT2D eigenvalue weighted by molar-refractivity contribution is 4.93. The summed E-state index contributed by atoms with van der Waals surface area (Å²) in [6, 6.07) is 0.602. The molecule has 104 valence electrons. The summed E-state index contributed by atoms with van der Waals surface area (Å²) in [7, 11) is 0. The van der Waals surface area contributed by atoms with Gasteiger partial charge in [-0.1, -0.05) is 19.3 Å². The van der Waals surface area contributed by atoms with Crippen molar-refractivity contribution in [3.8, 4) is 0 Å². The van der Waals surface area contributed by atoms with Crippen LogP contribution in [0.3, 0.4) is 0 Å². The fraction of sp³-hybridized carbons (Fsp3) is 1.00. The Bertz CT molecular complexity index is 240. The molecule has 0 saturated heterocycles. The zero-order chi connectivity index (χ0) is 12.4. The molecule has 0 bridgehead atoms. The molecule has 0 aromatic rings. The molecule has 3 N–H and O–H groups in total. The third-order valence-corrected chi connectivity index (χ3v) is 5.54. The van der Waals surface area contributed by atoms with Crippen molar-refractivity contribution in [2.75, 3.05) is 13.1 Å². The van der Waals surface area contributed by atoms with Gasteiger partial charge in [-0.3, -0.25) is 0 Å². The molecule has 3 aliphatic rings. The van der Waals surface area contributed by atoms with Crippen LogP contribution < -0.4 is 11.1 Å². The summed E-state index contributed by atoms with van der Waals surface area (Å²) in [5, 5.41) is 3.86. The molecule has 18 heavy (non-hydrogen) atoms. The van der Waals surface area contributed by atoms with Gasteiger partial charge in [-0.25, -0.2) is 0 Å². The van der Waals surface area contributed by atoms with E-state index in [0.29, 0.717) is 6.04 Å². The lowest BCUT2D eigenvalue weighted by atomic mass is 9.83. The summed E-state index contributed by atoms with van der Waals surface area (Å²) in [5.41, 5.74) is 6.01. The van der Waals surface area contributed by atoms with Crippen molar-refractivity contribution in [3.05, 3.63) is 0 Å². The predicted octanol–water partition coefficient (Wildman–Crippen LogP) is 2.92. The van der Waals surface area contributed by atoms with E-state index in [1.54, 1.807) is 0 Å². The van der Waals surface area contributed by atoms with Gasteiger partial charge in [-0.2, -0.15) is 0 Å². The Balaban J connectivity index is 1.46. The quantitative estimate of drug-likeness (QED) is 0.729. The zero-order valence-corrected chi connectivity index (χ0v) is 11.7. The topological polar surface area (TPSA) is 38.0 Å². The molecule has 0 heterocycles. The molecule has 0 spiro atoms. The lowest BCUT2D eigenvalue weighted by Crippen LogP contribution is -2.45. The molecule has 0 amide bonds. The van der Waals surface area contributed by atoms with Crippen molar-refractivity contribution in [3.63, 3.8) is 0 Å². The second-order valence-corrected chi connectivity index (χ2v) is 6.99. The van der Waals surface area contributed by atoms with E-state index < -0.39 is 0 Å². The maximum atomic E-state index is 6.01. The fourth-order valence-corrected chi connectivity index (χ4v) is 4.03. The molecule has 2 nitrogen and oxygen atoms in total. The van der Waals surface area contributed by atoms with Crippen LogP contribution in [0.15, 0.2) is 0 Å². The standard InChI is InChI=1S/C16H30N2/c17-10-16(14-4-2-1-3-5-14)18-11-15(12-6-7-12)13-8-9-13/h12-16,18H,1-11,17H2. The minimum atomic E-state index is 0.602. The number of nitrogens with one attached hydrogen (secondary N) is 1. The van der Waals surface area contributed by atoms with Crippen molar-refractivity contribution < 1.29 is 0 Å². The van der Waals surface area contributed by atoms with E-state index in [1.807, 2.05) is 0 Å². The van der Waals surface area contributed by atoms with E-state index in [1.165, 1.54) is 64.3 Å². The zero-order valence-electron chi connectivity index (χ0n) is 11.7. The highest BCUT2D eigenvalue weighted by Crippen LogP contribution is 2.48. The second kappa shape index (κ2) is 5.92. The van der Waals surface area contributed by atoms with E-state index in [2.05, 4.69) is 5.32 Å². The van der Waals surface area contributed by atoms with Gasteiger partial charge in [0.05, 0.1) is 0 Å². The lowest BCUT2D eigenvalue weighted by Gasteiger charge is -2.31. The Morgan fingerprint density at radius 3 is 1.94 bits per heavy atom. The van der Waals surface area contributed by atoms with Crippen molar-refractivity contribution in [1.82, 2.24) is 5.32 Å². The molecule has 3 saturated carbocycles. The van der Waals surface area contributed by atoms with E-state index in [4.69, 9.17) is 5.73 Å². The maximum absolute atomic E-state index is 6.01. The highest BCUT2D eigenvalue weighted by atomic mass is 14.9. The monoisotopic (exact) mass is 250 g/mol. The van der Waals surface area contributed by atoms with Gasteiger partial charge < -0.3 is 11.1 Å². The molecule has 0 radical (unpaired) electrons. The molecule has 1 atom stereocenters. The van der Waals surface area contributed by atoms with Crippen LogP contribution in [0.25, 0.3) is 0 Å². The molecule has 0 aromatic heterocycles. The van der Waals surface area contributed by atoms with Gasteiger partial charge in [0.1, 0.15) is 0 Å². The van der Waals surface area contributed by atoms with E-state index in [9.17, 15) is 0 Å². The Hall–Kier alpha value is -0.0800. The molecular weight excluding hydrogens is 220 g/mol. The molecule has 0 aliphatic heterocycles. The van der Waals surface area contributed by atoms with Gasteiger partial charge in [0, 0.05) is 12.6 Å². The second-order valence-electron chi connectivity index (χ2n) is 6.99. The van der Waals surface area contributed by atoms with Gasteiger partial charge in [-0.15, -0.1) is 0 Å². The van der Waals surface area contributed by atoms with Gasteiger partial charge in [0.2, 0.25) is 0 Å². The maximum Gasteiger partial charge on any atom is 0.0218 e. The van der Waals surface area contributed by atoms with Crippen LogP contribution in [0.1, 0.15) is 57.8 Å². The Morgan fingerprint density at radius 2 is 1.44 bits per heavy atom. The van der Waals surface area contributed by atoms with Crippen molar-refractivity contribution in [2.24, 2.45) is 29.4 Å². The summed E-state index contributed by atoms with van der Waals surface area (Å²) in [6.07, 6.45) is 13.1. The Labute approximate surface area is 112 Å². The van der Waals surface area contributed by atoms with Crippen LogP contribution in [0.5, 0.6) is 0 Å². The average Bonchev–Trinajstić information content (AvgIpc) is 3.29. The van der Waals surface area contributed by atoms with E-state index in [0.717, 1.165) is 30.2 Å². The first-order chi connectivity index (χ1) is 8.88. The van der Waals surface area contributed by atoms with Crippen molar-refractivity contribution in [2.45, 2.75) is 63.8 Å². The molecule has 1 unspecified atom stereocenters. The largest absolute Gasteiger partial charge is 0.329 e. The summed E-state index contributed by atoms with van der Waals surface area (Å²) in [6.45, 7) is 2.10. The Kier molecular flexibility index (Phi) is 4.25. The normalized spacial score (nSPS) is 27.7. The van der Waals surface area contributed by atoms with Crippen LogP contribution >= 0.6 is 0 Å². The Morgan fingerprint density at radius 1 is 0.833 bits per heavy atom. The van der Waals surface area contributed by atoms with Crippen molar-refractivity contribution in [1.29, 1.82) is 0 Å². The average molecular weight is 250 g/mol. The van der Waals surface area contributed by atoms with E-state index in [-0.39, 0.29) is 0 Å².